The van der Waals surface area contributed by atoms with Crippen LogP contribution in [-0.2, 0) is 0 Å². The lowest BCUT2D eigenvalue weighted by Crippen LogP contribution is -2.27. The fourth-order valence-corrected chi connectivity index (χ4v) is 2.77. The third-order valence-electron chi connectivity index (χ3n) is 3.98. The van der Waals surface area contributed by atoms with Crippen molar-refractivity contribution in [1.29, 1.82) is 0 Å². The lowest BCUT2D eigenvalue weighted by atomic mass is 10.1. The zero-order valence-corrected chi connectivity index (χ0v) is 15.9. The van der Waals surface area contributed by atoms with Gasteiger partial charge in [-0.2, -0.15) is 0 Å². The summed E-state index contributed by atoms with van der Waals surface area (Å²) in [5, 5.41) is 3.23. The monoisotopic (exact) mass is 398 g/mol. The van der Waals surface area contributed by atoms with Gasteiger partial charge in [-0.15, -0.1) is 12.4 Å². The summed E-state index contributed by atoms with van der Waals surface area (Å²) in [5.41, 5.74) is 7.34. The quantitative estimate of drug-likeness (QED) is 0.768. The molecule has 0 aliphatic carbocycles. The smallest absolute Gasteiger partial charge is 0.255 e. The van der Waals surface area contributed by atoms with Gasteiger partial charge in [0.1, 0.15) is 19.0 Å². The Hall–Kier alpha value is -2.31. The minimum Gasteiger partial charge on any atom is -0.496 e. The molecule has 0 aromatic heterocycles. The molecule has 6 nitrogen and oxygen atoms in total. The number of methoxy groups -OCH3 is 1. The molecule has 1 aliphatic rings. The minimum atomic E-state index is -0.305. The molecule has 0 radical (unpaired) electrons. The van der Waals surface area contributed by atoms with E-state index < -0.39 is 0 Å². The molecule has 1 heterocycles. The van der Waals surface area contributed by atoms with Crippen LogP contribution >= 0.6 is 24.0 Å². The highest BCUT2D eigenvalue weighted by molar-refractivity contribution is 6.33. The zero-order valence-electron chi connectivity index (χ0n) is 14.4. The van der Waals surface area contributed by atoms with Gasteiger partial charge in [-0.3, -0.25) is 4.79 Å². The van der Waals surface area contributed by atoms with Crippen LogP contribution in [0.4, 0.5) is 5.69 Å². The van der Waals surface area contributed by atoms with E-state index in [0.29, 0.717) is 46.7 Å². The molecule has 0 saturated carbocycles. The van der Waals surface area contributed by atoms with E-state index in [-0.39, 0.29) is 24.4 Å². The van der Waals surface area contributed by atoms with Gasteiger partial charge in [-0.05, 0) is 30.7 Å². The van der Waals surface area contributed by atoms with Gasteiger partial charge < -0.3 is 25.3 Å². The van der Waals surface area contributed by atoms with Gasteiger partial charge in [0.2, 0.25) is 0 Å². The lowest BCUT2D eigenvalue weighted by Gasteiger charge is -2.21. The molecule has 3 N–H and O–H groups in total. The molecule has 140 valence electrons. The first-order valence-corrected chi connectivity index (χ1v) is 8.21. The van der Waals surface area contributed by atoms with Gasteiger partial charge in [0, 0.05) is 6.07 Å². The summed E-state index contributed by atoms with van der Waals surface area (Å²) in [6, 6.07) is 8.39. The number of halogens is 2. The number of carbonyl (C=O) groups excluding carboxylic acids is 1. The van der Waals surface area contributed by atoms with E-state index >= 15 is 0 Å². The molecule has 3 rings (SSSR count). The van der Waals surface area contributed by atoms with Gasteiger partial charge in [-0.25, -0.2) is 0 Å². The maximum Gasteiger partial charge on any atom is 0.255 e. The lowest BCUT2D eigenvalue weighted by molar-refractivity contribution is 0.0936. The molecule has 8 heteroatoms. The van der Waals surface area contributed by atoms with Crippen LogP contribution in [0.25, 0.3) is 0 Å². The van der Waals surface area contributed by atoms with Crippen molar-refractivity contribution in [2.75, 3.05) is 26.1 Å². The maximum absolute atomic E-state index is 12.6. The largest absolute Gasteiger partial charge is 0.496 e. The molecule has 0 bridgehead atoms. The molecule has 2 aromatic rings. The molecule has 26 heavy (non-hydrogen) atoms. The molecule has 0 saturated heterocycles. The summed E-state index contributed by atoms with van der Waals surface area (Å²) < 4.78 is 16.3. The van der Waals surface area contributed by atoms with Crippen LogP contribution in [0.5, 0.6) is 17.2 Å². The second kappa shape index (κ2) is 8.38. The van der Waals surface area contributed by atoms with Gasteiger partial charge >= 0.3 is 0 Å². The van der Waals surface area contributed by atoms with E-state index in [4.69, 9.17) is 31.5 Å². The summed E-state index contributed by atoms with van der Waals surface area (Å²) in [7, 11) is 1.48. The average Bonchev–Trinajstić information content (AvgIpc) is 2.62. The summed E-state index contributed by atoms with van der Waals surface area (Å²) in [4.78, 5) is 12.6. The normalized spacial score (nSPS) is 13.3. The van der Waals surface area contributed by atoms with Gasteiger partial charge in [0.25, 0.3) is 5.91 Å². The number of anilines is 1. The number of benzene rings is 2. The molecule has 0 spiro atoms. The second-order valence-electron chi connectivity index (χ2n) is 5.67. The first-order valence-electron chi connectivity index (χ1n) is 7.83. The van der Waals surface area contributed by atoms with Crippen LogP contribution in [-0.4, -0.2) is 26.2 Å². The number of nitrogens with one attached hydrogen (secondary N) is 1. The Bertz CT molecular complexity index is 814. The number of nitrogen functional groups attached to an aromatic ring is 1. The molecular formula is C18H20Cl2N2O4. The van der Waals surface area contributed by atoms with Crippen molar-refractivity contribution >= 4 is 35.6 Å². The molecule has 1 amide bonds. The van der Waals surface area contributed by atoms with Gasteiger partial charge in [-0.1, -0.05) is 17.7 Å². The SMILES string of the molecule is COc1cc(N)c(Cl)cc1C(=O)NC(C)c1ccc2c(c1)OCCO2.Cl. The van der Waals surface area contributed by atoms with Crippen molar-refractivity contribution in [3.05, 3.63) is 46.5 Å². The van der Waals surface area contributed by atoms with E-state index in [1.165, 1.54) is 19.2 Å². The van der Waals surface area contributed by atoms with E-state index in [2.05, 4.69) is 5.32 Å². The summed E-state index contributed by atoms with van der Waals surface area (Å²) in [6.07, 6.45) is 0. The Labute approximate surface area is 163 Å². The molecule has 1 atom stereocenters. The average molecular weight is 399 g/mol. The molecule has 1 aliphatic heterocycles. The second-order valence-corrected chi connectivity index (χ2v) is 6.08. The number of rotatable bonds is 4. The standard InChI is InChI=1S/C18H19ClN2O4.ClH/c1-10(11-3-4-15-17(7-11)25-6-5-24-15)21-18(22)12-8-13(19)14(20)9-16(12)23-2;/h3-4,7-10H,5-6,20H2,1-2H3,(H,21,22);1H. The van der Waals surface area contributed by atoms with Crippen LogP contribution in [0.15, 0.2) is 30.3 Å². The minimum absolute atomic E-state index is 0. The predicted octanol–water partition coefficient (Wildman–Crippen LogP) is 3.61. The first kappa shape index (κ1) is 20.0. The van der Waals surface area contributed by atoms with Crippen molar-refractivity contribution in [2.45, 2.75) is 13.0 Å². The topological polar surface area (TPSA) is 82.8 Å². The van der Waals surface area contributed by atoms with Crippen LogP contribution in [0, 0.1) is 0 Å². The molecular weight excluding hydrogens is 379 g/mol. The van der Waals surface area contributed by atoms with E-state index in [1.807, 2.05) is 25.1 Å². The number of amides is 1. The Morgan fingerprint density at radius 2 is 1.92 bits per heavy atom. The molecule has 2 aromatic carbocycles. The number of fused-ring (bicyclic) bond motifs is 1. The fourth-order valence-electron chi connectivity index (χ4n) is 2.60. The zero-order chi connectivity index (χ0) is 18.0. The maximum atomic E-state index is 12.6. The van der Waals surface area contributed by atoms with E-state index in [0.717, 1.165) is 5.56 Å². The Balaban J connectivity index is 0.00000243. The molecule has 0 fully saturated rings. The fraction of sp³-hybridized carbons (Fsp3) is 0.278. The third kappa shape index (κ3) is 4.08. The number of hydrogen-bond acceptors (Lipinski definition) is 5. The number of nitrogens with two attached hydrogens (primary N) is 1. The van der Waals surface area contributed by atoms with Crippen molar-refractivity contribution in [2.24, 2.45) is 0 Å². The number of ether oxygens (including phenoxy) is 3. The van der Waals surface area contributed by atoms with Gasteiger partial charge in [0.15, 0.2) is 11.5 Å². The number of carbonyl (C=O) groups is 1. The van der Waals surface area contributed by atoms with E-state index in [1.54, 1.807) is 0 Å². The summed E-state index contributed by atoms with van der Waals surface area (Å²) >= 11 is 6.03. The Morgan fingerprint density at radius 3 is 2.62 bits per heavy atom. The van der Waals surface area contributed by atoms with Crippen LogP contribution < -0.4 is 25.3 Å². The van der Waals surface area contributed by atoms with Crippen molar-refractivity contribution in [3.8, 4) is 17.2 Å². The Morgan fingerprint density at radius 1 is 1.23 bits per heavy atom. The van der Waals surface area contributed by atoms with Crippen LogP contribution in [0.1, 0.15) is 28.9 Å². The highest BCUT2D eigenvalue weighted by atomic mass is 35.5. The highest BCUT2D eigenvalue weighted by Crippen LogP contribution is 2.33. The van der Waals surface area contributed by atoms with E-state index in [9.17, 15) is 4.79 Å². The van der Waals surface area contributed by atoms with Crippen molar-refractivity contribution in [3.63, 3.8) is 0 Å². The van der Waals surface area contributed by atoms with Gasteiger partial charge in [0.05, 0.1) is 29.4 Å². The predicted molar refractivity (Wildman–Crippen MR) is 103 cm³/mol. The summed E-state index contributed by atoms with van der Waals surface area (Å²) in [6.45, 7) is 2.93. The number of hydrogen-bond donors (Lipinski definition) is 2. The molecule has 1 unspecified atom stereocenters. The van der Waals surface area contributed by atoms with Crippen LogP contribution in [0.3, 0.4) is 0 Å². The van der Waals surface area contributed by atoms with Crippen molar-refractivity contribution < 1.29 is 19.0 Å². The van der Waals surface area contributed by atoms with Crippen molar-refractivity contribution in [1.82, 2.24) is 5.32 Å². The Kier molecular flexibility index (Phi) is 6.45. The summed E-state index contributed by atoms with van der Waals surface area (Å²) in [5.74, 6) is 1.45. The third-order valence-corrected chi connectivity index (χ3v) is 4.30. The first-order chi connectivity index (χ1) is 12.0. The highest BCUT2D eigenvalue weighted by Gasteiger charge is 2.19. The van der Waals surface area contributed by atoms with Crippen LogP contribution in [0.2, 0.25) is 5.02 Å².